The molecule has 0 aromatic heterocycles. The van der Waals surface area contributed by atoms with Gasteiger partial charge in [-0.05, 0) is 39.0 Å². The van der Waals surface area contributed by atoms with Crippen molar-refractivity contribution >= 4 is 33.7 Å². The molecule has 4 rings (SSSR count). The summed E-state index contributed by atoms with van der Waals surface area (Å²) in [5.41, 5.74) is -0.309. The Morgan fingerprint density at radius 2 is 2.04 bits per heavy atom. The van der Waals surface area contributed by atoms with Gasteiger partial charge in [-0.3, -0.25) is 9.69 Å². The van der Waals surface area contributed by atoms with Gasteiger partial charge in [0.05, 0.1) is 11.2 Å². The van der Waals surface area contributed by atoms with E-state index in [2.05, 4.69) is 10.0 Å². The van der Waals surface area contributed by atoms with Gasteiger partial charge < -0.3 is 10.2 Å². The van der Waals surface area contributed by atoms with E-state index in [1.807, 2.05) is 6.92 Å². The van der Waals surface area contributed by atoms with E-state index in [0.717, 1.165) is 24.5 Å². The van der Waals surface area contributed by atoms with Crippen molar-refractivity contribution in [1.29, 1.82) is 0 Å². The van der Waals surface area contributed by atoms with Crippen molar-refractivity contribution in [3.05, 3.63) is 0 Å². The normalized spacial score (nSPS) is 36.1. The highest BCUT2D eigenvalue weighted by Crippen LogP contribution is 2.40. The summed E-state index contributed by atoms with van der Waals surface area (Å²) in [6.45, 7) is 2.49. The summed E-state index contributed by atoms with van der Waals surface area (Å²) < 4.78 is 28.4. The molecule has 0 aromatic carbocycles. The third-order valence-electron chi connectivity index (χ3n) is 6.38. The van der Waals surface area contributed by atoms with Crippen molar-refractivity contribution in [1.82, 2.24) is 19.8 Å². The van der Waals surface area contributed by atoms with Crippen molar-refractivity contribution in [2.24, 2.45) is 5.92 Å². The summed E-state index contributed by atoms with van der Waals surface area (Å²) in [6, 6.07) is -0.236. The fourth-order valence-corrected chi connectivity index (χ4v) is 7.38. The Kier molecular flexibility index (Phi) is 4.97. The Morgan fingerprint density at radius 1 is 1.30 bits per heavy atom. The van der Waals surface area contributed by atoms with Crippen LogP contribution in [-0.4, -0.2) is 78.3 Å². The van der Waals surface area contributed by atoms with Crippen molar-refractivity contribution in [3.8, 4) is 0 Å². The highest BCUT2D eigenvalue weighted by Gasteiger charge is 2.51. The summed E-state index contributed by atoms with van der Waals surface area (Å²) in [6.07, 6.45) is 3.05. The van der Waals surface area contributed by atoms with E-state index in [1.165, 1.54) is 11.9 Å². The molecule has 10 heteroatoms. The van der Waals surface area contributed by atoms with Crippen molar-refractivity contribution in [3.63, 3.8) is 0 Å². The first kappa shape index (κ1) is 19.5. The fourth-order valence-electron chi connectivity index (χ4n) is 4.44. The zero-order chi connectivity index (χ0) is 19.4. The molecule has 4 atom stereocenters. The van der Waals surface area contributed by atoms with E-state index >= 15 is 0 Å². The number of hydrogen-bond acceptors (Lipinski definition) is 6. The van der Waals surface area contributed by atoms with Crippen LogP contribution in [0.15, 0.2) is 0 Å². The Hall–Kier alpha value is -0.840. The van der Waals surface area contributed by atoms with E-state index in [4.69, 9.17) is 0 Å². The third-order valence-corrected chi connectivity index (χ3v) is 9.48. The minimum Gasteiger partial charge on any atom is -0.319 e. The molecule has 152 valence electrons. The number of carbonyl (C=O) groups is 2. The molecule has 4 unspecified atom stereocenters. The number of urea groups is 1. The minimum atomic E-state index is -3.46. The average molecular weight is 417 g/mol. The molecule has 4 aliphatic rings. The molecule has 3 amide bonds. The van der Waals surface area contributed by atoms with Crippen molar-refractivity contribution in [2.75, 3.05) is 25.2 Å². The first-order chi connectivity index (χ1) is 12.7. The van der Waals surface area contributed by atoms with Gasteiger partial charge >= 0.3 is 6.03 Å². The fraction of sp³-hybridized carbons (Fsp3) is 0.882. The van der Waals surface area contributed by atoms with Gasteiger partial charge in [0.15, 0.2) is 0 Å². The van der Waals surface area contributed by atoms with Crippen LogP contribution in [0.2, 0.25) is 0 Å². The van der Waals surface area contributed by atoms with Crippen LogP contribution in [-0.2, 0) is 14.8 Å². The van der Waals surface area contributed by atoms with Crippen LogP contribution in [0.5, 0.6) is 0 Å². The van der Waals surface area contributed by atoms with E-state index < -0.39 is 21.2 Å². The first-order valence-electron chi connectivity index (χ1n) is 9.62. The second-order valence-corrected chi connectivity index (χ2v) is 11.6. The topological polar surface area (TPSA) is 98.8 Å². The molecule has 4 fully saturated rings. The second-order valence-electron chi connectivity index (χ2n) is 8.56. The van der Waals surface area contributed by atoms with Crippen molar-refractivity contribution < 1.29 is 18.0 Å². The number of fused-ring (bicyclic) bond motifs is 1. The maximum atomic E-state index is 12.8. The number of imide groups is 1. The lowest BCUT2D eigenvalue weighted by Crippen LogP contribution is -2.64. The van der Waals surface area contributed by atoms with Gasteiger partial charge in [0.25, 0.3) is 0 Å². The predicted octanol–water partition coefficient (Wildman–Crippen LogP) is 0.552. The summed E-state index contributed by atoms with van der Waals surface area (Å²) in [4.78, 5) is 28.5. The van der Waals surface area contributed by atoms with Crippen LogP contribution < -0.4 is 10.0 Å². The third kappa shape index (κ3) is 3.73. The van der Waals surface area contributed by atoms with Crippen LogP contribution in [0.3, 0.4) is 0 Å². The molecule has 2 aliphatic heterocycles. The van der Waals surface area contributed by atoms with Gasteiger partial charge in [0, 0.05) is 42.8 Å². The van der Waals surface area contributed by atoms with Crippen LogP contribution >= 0.6 is 11.8 Å². The number of nitrogens with one attached hydrogen (secondary N) is 2. The van der Waals surface area contributed by atoms with Gasteiger partial charge in [-0.15, -0.1) is 11.8 Å². The van der Waals surface area contributed by atoms with Gasteiger partial charge in [0.2, 0.25) is 15.9 Å². The monoisotopic (exact) mass is 416 g/mol. The maximum Gasteiger partial charge on any atom is 0.326 e. The zero-order valence-corrected chi connectivity index (χ0v) is 17.4. The SMILES string of the molecule is CN1C(=O)C2CC(S(=O)(=O)NC3(C)CC3)CCC2N(CC2CSCN2)C1=O. The molecule has 2 N–H and O–H groups in total. The largest absolute Gasteiger partial charge is 0.326 e. The van der Waals surface area contributed by atoms with Gasteiger partial charge in [-0.25, -0.2) is 17.9 Å². The lowest BCUT2D eigenvalue weighted by molar-refractivity contribution is -0.139. The van der Waals surface area contributed by atoms with Crippen LogP contribution in [0, 0.1) is 5.92 Å². The minimum absolute atomic E-state index is 0.198. The molecule has 0 bridgehead atoms. The Balaban J connectivity index is 1.51. The molecule has 2 aliphatic carbocycles. The average Bonchev–Trinajstić information content (AvgIpc) is 3.12. The molecule has 0 spiro atoms. The molecule has 27 heavy (non-hydrogen) atoms. The molecular formula is C17H28N4O4S2. The zero-order valence-electron chi connectivity index (χ0n) is 15.8. The summed E-state index contributed by atoms with van der Waals surface area (Å²) in [5.74, 6) is 1.13. The number of nitrogens with zero attached hydrogens (tertiary/aromatic N) is 2. The van der Waals surface area contributed by atoms with Crippen LogP contribution in [0.25, 0.3) is 0 Å². The maximum absolute atomic E-state index is 12.8. The van der Waals surface area contributed by atoms with Crippen LogP contribution in [0.1, 0.15) is 39.0 Å². The molecule has 0 aromatic rings. The highest BCUT2D eigenvalue weighted by atomic mass is 32.2. The van der Waals surface area contributed by atoms with E-state index in [9.17, 15) is 18.0 Å². The number of amides is 3. The van der Waals surface area contributed by atoms with E-state index in [0.29, 0.717) is 19.4 Å². The number of carbonyl (C=O) groups excluding carboxylic acids is 2. The first-order valence-corrected chi connectivity index (χ1v) is 12.3. The molecule has 8 nitrogen and oxygen atoms in total. The Labute approximate surface area is 164 Å². The number of thioether (sulfide) groups is 1. The summed E-state index contributed by atoms with van der Waals surface area (Å²) in [5, 5.41) is 2.81. The summed E-state index contributed by atoms with van der Waals surface area (Å²) >= 11 is 1.80. The lowest BCUT2D eigenvalue weighted by atomic mass is 9.80. The molecule has 2 saturated carbocycles. The smallest absolute Gasteiger partial charge is 0.319 e. The standard InChI is InChI=1S/C17H28N4O4S2/c1-17(5-6-17)19-27(24,25)12-3-4-14-13(7-12)15(22)20(2)16(23)21(14)8-11-9-26-10-18-11/h11-14,18-19H,3-10H2,1-2H3. The second kappa shape index (κ2) is 6.89. The van der Waals surface area contributed by atoms with Crippen LogP contribution in [0.4, 0.5) is 4.79 Å². The van der Waals surface area contributed by atoms with Gasteiger partial charge in [0.1, 0.15) is 0 Å². The predicted molar refractivity (Wildman–Crippen MR) is 104 cm³/mol. The number of sulfonamides is 1. The Morgan fingerprint density at radius 3 is 2.67 bits per heavy atom. The molecule has 2 heterocycles. The number of hydrogen-bond donors (Lipinski definition) is 2. The van der Waals surface area contributed by atoms with Gasteiger partial charge in [-0.2, -0.15) is 0 Å². The highest BCUT2D eigenvalue weighted by molar-refractivity contribution is 7.99. The molecule has 0 radical (unpaired) electrons. The van der Waals surface area contributed by atoms with E-state index in [-0.39, 0.29) is 36.0 Å². The van der Waals surface area contributed by atoms with Crippen molar-refractivity contribution in [2.45, 2.75) is 61.9 Å². The molecule has 2 saturated heterocycles. The number of rotatable bonds is 5. The quantitative estimate of drug-likeness (QED) is 0.679. The Bertz CT molecular complexity index is 733. The lowest BCUT2D eigenvalue weighted by Gasteiger charge is -2.48. The molecular weight excluding hydrogens is 388 g/mol. The van der Waals surface area contributed by atoms with E-state index in [1.54, 1.807) is 16.7 Å². The van der Waals surface area contributed by atoms with Gasteiger partial charge in [-0.1, -0.05) is 0 Å². The summed E-state index contributed by atoms with van der Waals surface area (Å²) in [7, 11) is -1.96.